The highest BCUT2D eigenvalue weighted by molar-refractivity contribution is 6.78. The maximum Gasteiger partial charge on any atom is 0.0504 e. The average molecular weight is 345 g/mol. The summed E-state index contributed by atoms with van der Waals surface area (Å²) in [5.41, 5.74) is 0.674. The summed E-state index contributed by atoms with van der Waals surface area (Å²) >= 11 is 0. The van der Waals surface area contributed by atoms with Crippen LogP contribution < -0.4 is 0 Å². The second-order valence-corrected chi connectivity index (χ2v) is 19.3. The average Bonchev–Trinajstić information content (AvgIpc) is 2.59. The van der Waals surface area contributed by atoms with Crippen LogP contribution in [-0.2, 0) is 0 Å². The first-order chi connectivity index (χ1) is 10.2. The second-order valence-electron chi connectivity index (χ2n) is 8.13. The van der Waals surface area contributed by atoms with Gasteiger partial charge in [0, 0.05) is 8.07 Å². The second kappa shape index (κ2) is 11.9. The minimum Gasteiger partial charge on any atom is -0.0692 e. The maximum absolute atomic E-state index is 2.60. The Morgan fingerprint density at radius 1 is 0.500 bits per heavy atom. The van der Waals surface area contributed by atoms with Crippen molar-refractivity contribution in [1.82, 2.24) is 0 Å². The third-order valence-corrected chi connectivity index (χ3v) is 17.5. The summed E-state index contributed by atoms with van der Waals surface area (Å²) < 4.78 is 0. The molecular weight excluding hydrogens is 296 g/mol. The molecule has 0 rings (SSSR count). The molecule has 0 saturated heterocycles. The van der Waals surface area contributed by atoms with Crippen LogP contribution in [0.15, 0.2) is 0 Å². The van der Waals surface area contributed by atoms with E-state index < -0.39 is 16.1 Å². The fourth-order valence-electron chi connectivity index (χ4n) is 3.28. The van der Waals surface area contributed by atoms with Crippen LogP contribution in [0.3, 0.4) is 0 Å². The van der Waals surface area contributed by atoms with Crippen LogP contribution in [0.1, 0.15) is 74.7 Å². The van der Waals surface area contributed by atoms with Crippen molar-refractivity contribution < 1.29 is 0 Å². The minimum atomic E-state index is -0.896. The van der Waals surface area contributed by atoms with E-state index in [1.165, 1.54) is 49.5 Å². The van der Waals surface area contributed by atoms with Gasteiger partial charge in [-0.3, -0.25) is 0 Å². The molecule has 0 nitrogen and oxygen atoms in total. The van der Waals surface area contributed by atoms with Crippen molar-refractivity contribution in [2.24, 2.45) is 5.41 Å². The molecule has 0 bridgehead atoms. The Bertz CT molecular complexity index is 232. The van der Waals surface area contributed by atoms with E-state index in [1.807, 2.05) is 0 Å². The largest absolute Gasteiger partial charge is 0.0692 e. The summed E-state index contributed by atoms with van der Waals surface area (Å²) in [6, 6.07) is 8.85. The fraction of sp³-hybridized carbons (Fsp3) is 1.00. The zero-order valence-corrected chi connectivity index (χ0v) is 19.9. The number of hydrogen-bond donors (Lipinski definition) is 0. The molecule has 0 saturated carbocycles. The Morgan fingerprint density at radius 3 is 0.909 bits per heavy atom. The van der Waals surface area contributed by atoms with Crippen molar-refractivity contribution in [3.05, 3.63) is 0 Å². The molecule has 0 atom stereocenters. The van der Waals surface area contributed by atoms with Gasteiger partial charge >= 0.3 is 0 Å². The first kappa shape index (κ1) is 24.7. The molecule has 0 radical (unpaired) electrons. The third kappa shape index (κ3) is 8.33. The molecule has 0 aliphatic carbocycles. The quantitative estimate of drug-likeness (QED) is 0.349. The predicted octanol–water partition coefficient (Wildman–Crippen LogP) is 8.45. The monoisotopic (exact) mass is 344 g/mol. The molecule has 0 amide bonds. The first-order valence-corrected chi connectivity index (χ1v) is 16.4. The molecule has 0 aliphatic heterocycles. The van der Waals surface area contributed by atoms with Gasteiger partial charge in [0.2, 0.25) is 0 Å². The van der Waals surface area contributed by atoms with E-state index in [0.717, 1.165) is 0 Å². The Balaban J connectivity index is 0. The zero-order valence-electron chi connectivity index (χ0n) is 17.9. The summed E-state index contributed by atoms with van der Waals surface area (Å²) in [5, 5.41) is 0. The van der Waals surface area contributed by atoms with E-state index in [-0.39, 0.29) is 0 Å². The van der Waals surface area contributed by atoms with Crippen molar-refractivity contribution in [1.29, 1.82) is 0 Å². The molecule has 0 aliphatic rings. The van der Waals surface area contributed by atoms with Gasteiger partial charge in [-0.1, -0.05) is 124 Å². The first-order valence-electron chi connectivity index (χ1n) is 10.2. The van der Waals surface area contributed by atoms with Crippen molar-refractivity contribution in [3.63, 3.8) is 0 Å². The molecule has 0 heterocycles. The van der Waals surface area contributed by atoms with E-state index in [1.54, 1.807) is 6.04 Å². The van der Waals surface area contributed by atoms with Crippen molar-refractivity contribution in [2.45, 2.75) is 124 Å². The SMILES string of the molecule is CCC(CC)(CC)C[Si](C)(CC)CC.CC[Si](C)(CC)CC. The molecule has 0 fully saturated rings. The van der Waals surface area contributed by atoms with Crippen LogP contribution in [0.25, 0.3) is 0 Å². The maximum atomic E-state index is 2.60. The van der Waals surface area contributed by atoms with Crippen molar-refractivity contribution in [3.8, 4) is 0 Å². The van der Waals surface area contributed by atoms with Crippen LogP contribution in [0.5, 0.6) is 0 Å². The highest BCUT2D eigenvalue weighted by atomic mass is 28.3. The number of rotatable bonds is 10. The molecule has 0 aromatic carbocycles. The van der Waals surface area contributed by atoms with Gasteiger partial charge in [-0.05, 0) is 5.41 Å². The van der Waals surface area contributed by atoms with E-state index in [2.05, 4.69) is 68.5 Å². The van der Waals surface area contributed by atoms with E-state index >= 15 is 0 Å². The molecule has 0 spiro atoms. The molecule has 0 aromatic heterocycles. The molecule has 22 heavy (non-hydrogen) atoms. The lowest BCUT2D eigenvalue weighted by molar-refractivity contribution is 0.281. The highest BCUT2D eigenvalue weighted by Gasteiger charge is 2.34. The summed E-state index contributed by atoms with van der Waals surface area (Å²) in [4.78, 5) is 0. The molecular formula is C20H48Si2. The van der Waals surface area contributed by atoms with E-state index in [0.29, 0.717) is 5.41 Å². The minimum absolute atomic E-state index is 0.671. The van der Waals surface area contributed by atoms with Crippen molar-refractivity contribution in [2.75, 3.05) is 0 Å². The Morgan fingerprint density at radius 2 is 0.773 bits per heavy atom. The Hall–Kier alpha value is 0.434. The standard InChI is InChI=1S/C13H30Si.C7H18Si/c1-7-13(8-2,9-3)12-14(6,10-4)11-5;1-5-8(4,6-2)7-3/h7-12H2,1-6H3;5-7H2,1-4H3. The van der Waals surface area contributed by atoms with Crippen LogP contribution in [0.4, 0.5) is 0 Å². The smallest absolute Gasteiger partial charge is 0.0504 e. The Labute approximate surface area is 145 Å². The van der Waals surface area contributed by atoms with Crippen molar-refractivity contribution >= 4 is 16.1 Å². The van der Waals surface area contributed by atoms with E-state index in [9.17, 15) is 0 Å². The van der Waals surface area contributed by atoms with Gasteiger partial charge in [0.15, 0.2) is 0 Å². The molecule has 136 valence electrons. The van der Waals surface area contributed by atoms with Crippen LogP contribution in [0.2, 0.25) is 49.4 Å². The van der Waals surface area contributed by atoms with Gasteiger partial charge in [-0.2, -0.15) is 0 Å². The summed E-state index contributed by atoms with van der Waals surface area (Å²) in [5.74, 6) is 0. The van der Waals surface area contributed by atoms with Crippen LogP contribution in [-0.4, -0.2) is 16.1 Å². The summed E-state index contributed by atoms with van der Waals surface area (Å²) in [7, 11) is -1.57. The third-order valence-electron chi connectivity index (χ3n) is 7.32. The van der Waals surface area contributed by atoms with Gasteiger partial charge in [0.1, 0.15) is 0 Å². The molecule has 2 heteroatoms. The van der Waals surface area contributed by atoms with Crippen LogP contribution in [0, 0.1) is 5.41 Å². The molecule has 0 N–H and O–H groups in total. The normalized spacial score (nSPS) is 12.8. The summed E-state index contributed by atoms with van der Waals surface area (Å²) in [6.07, 6.45) is 4.13. The van der Waals surface area contributed by atoms with Gasteiger partial charge in [-0.25, -0.2) is 0 Å². The van der Waals surface area contributed by atoms with E-state index in [4.69, 9.17) is 0 Å². The summed E-state index contributed by atoms with van der Waals surface area (Å²) in [6.45, 7) is 24.0. The van der Waals surface area contributed by atoms with Crippen LogP contribution >= 0.6 is 0 Å². The highest BCUT2D eigenvalue weighted by Crippen LogP contribution is 2.41. The lowest BCUT2D eigenvalue weighted by atomic mass is 9.82. The lowest BCUT2D eigenvalue weighted by Crippen LogP contribution is -2.36. The van der Waals surface area contributed by atoms with Gasteiger partial charge in [-0.15, -0.1) is 0 Å². The fourth-order valence-corrected chi connectivity index (χ4v) is 8.34. The molecule has 0 aromatic rings. The van der Waals surface area contributed by atoms with Gasteiger partial charge in [0.05, 0.1) is 8.07 Å². The predicted molar refractivity (Wildman–Crippen MR) is 114 cm³/mol. The number of hydrogen-bond acceptors (Lipinski definition) is 0. The lowest BCUT2D eigenvalue weighted by Gasteiger charge is -2.39. The topological polar surface area (TPSA) is 0 Å². The Kier molecular flexibility index (Phi) is 13.3. The molecule has 0 unspecified atom stereocenters. The zero-order chi connectivity index (χ0) is 17.9. The van der Waals surface area contributed by atoms with Gasteiger partial charge in [0.25, 0.3) is 0 Å². The van der Waals surface area contributed by atoms with Gasteiger partial charge < -0.3 is 0 Å².